The summed E-state index contributed by atoms with van der Waals surface area (Å²) in [5.74, 6) is 2.66. The van der Waals surface area contributed by atoms with Crippen molar-refractivity contribution in [3.63, 3.8) is 0 Å². The number of aromatic nitrogens is 15. The van der Waals surface area contributed by atoms with Crippen molar-refractivity contribution in [3.8, 4) is 0 Å². The fraction of sp³-hybridized carbons (Fsp3) is 0.429. The monoisotopic (exact) mass is 1130 g/mol. The molecular weight excluding hydrogens is 1050 g/mol. The van der Waals surface area contributed by atoms with E-state index in [4.69, 9.17) is 0 Å². The molecule has 0 spiro atoms. The number of benzene rings is 3. The van der Waals surface area contributed by atoms with Crippen LogP contribution in [0.5, 0.6) is 0 Å². The zero-order valence-electron chi connectivity index (χ0n) is 49.0. The zero-order valence-corrected chi connectivity index (χ0v) is 49.0. The molecule has 0 amide bonds. The Bertz CT molecular complexity index is 3140. The van der Waals surface area contributed by atoms with Crippen LogP contribution in [0.2, 0.25) is 0 Å². The fourth-order valence-electron chi connectivity index (χ4n) is 10.9. The molecule has 21 nitrogen and oxygen atoms in total. The van der Waals surface area contributed by atoms with Crippen LogP contribution in [0.4, 0.5) is 0 Å². The first-order valence-corrected chi connectivity index (χ1v) is 29.1. The summed E-state index contributed by atoms with van der Waals surface area (Å²) >= 11 is 0. The molecule has 0 aliphatic carbocycles. The van der Waals surface area contributed by atoms with Gasteiger partial charge in [-0.3, -0.25) is 29.7 Å². The van der Waals surface area contributed by atoms with E-state index in [1.54, 1.807) is 0 Å². The van der Waals surface area contributed by atoms with Crippen molar-refractivity contribution in [2.45, 2.75) is 78.8 Å². The minimum atomic E-state index is 0. The molecule has 0 saturated carbocycles. The van der Waals surface area contributed by atoms with E-state index in [1.807, 2.05) is 83.7 Å². The van der Waals surface area contributed by atoms with E-state index in [0.717, 1.165) is 156 Å². The number of likely N-dealkylation sites (N-methyl/N-ethyl adjacent to an activating group) is 3. The topological polar surface area (TPSA) is 189 Å². The molecule has 12 rings (SSSR count). The van der Waals surface area contributed by atoms with Gasteiger partial charge in [0, 0.05) is 127 Å². The van der Waals surface area contributed by atoms with Crippen molar-refractivity contribution in [3.05, 3.63) is 214 Å². The zero-order chi connectivity index (χ0) is 57.3. The molecule has 0 N–H and O–H groups in total. The lowest BCUT2D eigenvalue weighted by Gasteiger charge is -2.37. The Morgan fingerprint density at radius 2 is 0.655 bits per heavy atom. The van der Waals surface area contributed by atoms with Crippen molar-refractivity contribution in [2.75, 3.05) is 99.7 Å². The minimum absolute atomic E-state index is 0. The van der Waals surface area contributed by atoms with Gasteiger partial charge in [0.05, 0.1) is 24.7 Å². The lowest BCUT2D eigenvalue weighted by Crippen LogP contribution is -2.46. The van der Waals surface area contributed by atoms with Crippen LogP contribution in [0, 0.1) is 20.8 Å². The van der Waals surface area contributed by atoms with Crippen LogP contribution < -0.4 is 0 Å². The van der Waals surface area contributed by atoms with Gasteiger partial charge < -0.3 is 14.7 Å². The summed E-state index contributed by atoms with van der Waals surface area (Å²) in [6.07, 6.45) is 7.70. The second kappa shape index (κ2) is 30.1. The molecular formula is C63H83N21. The maximum Gasteiger partial charge on any atom is 0.173 e. The Morgan fingerprint density at radius 1 is 0.357 bits per heavy atom. The molecule has 0 bridgehead atoms. The Morgan fingerprint density at radius 3 is 0.964 bits per heavy atom. The van der Waals surface area contributed by atoms with Crippen molar-refractivity contribution in [1.82, 2.24) is 105 Å². The number of aryl methyl sites for hydroxylation is 7. The molecule has 3 aliphatic heterocycles. The molecule has 6 aromatic heterocycles. The molecule has 84 heavy (non-hydrogen) atoms. The Balaban J connectivity index is 0.000000150. The molecule has 3 aliphatic rings. The second-order valence-corrected chi connectivity index (χ2v) is 22.1. The van der Waals surface area contributed by atoms with Gasteiger partial charge in [0.15, 0.2) is 17.5 Å². The molecule has 3 fully saturated rings. The summed E-state index contributed by atoms with van der Waals surface area (Å²) in [5, 5.41) is 38.2. The number of nitrogens with zero attached hydrogens (tertiary/aromatic N) is 21. The van der Waals surface area contributed by atoms with Crippen LogP contribution in [0.3, 0.4) is 0 Å². The van der Waals surface area contributed by atoms with E-state index in [9.17, 15) is 0 Å². The van der Waals surface area contributed by atoms with Gasteiger partial charge in [0.1, 0.15) is 0 Å². The van der Waals surface area contributed by atoms with Crippen LogP contribution in [0.25, 0.3) is 0 Å². The third kappa shape index (κ3) is 16.2. The van der Waals surface area contributed by atoms with Gasteiger partial charge >= 0.3 is 0 Å². The van der Waals surface area contributed by atoms with Gasteiger partial charge in [0.25, 0.3) is 0 Å². The Labute approximate surface area is 495 Å². The number of hydrogen-bond donors (Lipinski definition) is 0. The molecule has 440 valence electrons. The Kier molecular flexibility index (Phi) is 21.7. The maximum atomic E-state index is 4.53. The van der Waals surface area contributed by atoms with Gasteiger partial charge in [-0.05, 0) is 138 Å². The average molecular weight is 1130 g/mol. The summed E-state index contributed by atoms with van der Waals surface area (Å²) in [7, 11) is 6.51. The normalized spacial score (nSPS) is 16.8. The molecule has 3 aromatic carbocycles. The highest BCUT2D eigenvalue weighted by atomic mass is 15.6. The van der Waals surface area contributed by atoms with Gasteiger partial charge in [0.2, 0.25) is 0 Å². The highest BCUT2D eigenvalue weighted by Gasteiger charge is 2.33. The van der Waals surface area contributed by atoms with Gasteiger partial charge in [-0.25, -0.2) is 14.0 Å². The number of tetrazole rings is 3. The summed E-state index contributed by atoms with van der Waals surface area (Å²) in [6, 6.07) is 43.9. The SMILES string of the molecule is C.Cc1ccc(C(c2nnnn2CCc2ccccc2)N2CCN(C)CC2)cn1.Cc1ccc(C(c2nnnn2CCc2ccccc2)N2CCN(C)CC2)cn1.Cc1ccc(C(c2nnnn2Cc2ccccc2)N2CCN(C)CC2)cn1. The molecule has 0 radical (unpaired) electrons. The van der Waals surface area contributed by atoms with Crippen LogP contribution >= 0.6 is 0 Å². The summed E-state index contributed by atoms with van der Waals surface area (Å²) in [6.45, 7) is 20.4. The van der Waals surface area contributed by atoms with E-state index < -0.39 is 0 Å². The minimum Gasteiger partial charge on any atom is -0.304 e. The predicted molar refractivity (Wildman–Crippen MR) is 326 cm³/mol. The molecule has 3 saturated heterocycles. The lowest BCUT2D eigenvalue weighted by atomic mass is 10.0. The summed E-state index contributed by atoms with van der Waals surface area (Å²) in [4.78, 5) is 28.0. The highest BCUT2D eigenvalue weighted by molar-refractivity contribution is 5.27. The van der Waals surface area contributed by atoms with E-state index in [2.05, 4.69) is 209 Å². The first kappa shape index (κ1) is 60.7. The van der Waals surface area contributed by atoms with Gasteiger partial charge in [-0.2, -0.15) is 0 Å². The average Bonchev–Trinajstić information content (AvgIpc) is 3.81. The summed E-state index contributed by atoms with van der Waals surface area (Å²) < 4.78 is 5.82. The predicted octanol–water partition coefficient (Wildman–Crippen LogP) is 6.31. The fourth-order valence-corrected chi connectivity index (χ4v) is 10.9. The smallest absolute Gasteiger partial charge is 0.173 e. The van der Waals surface area contributed by atoms with Crippen LogP contribution in [-0.2, 0) is 32.5 Å². The number of hydrogen-bond acceptors (Lipinski definition) is 18. The third-order valence-corrected chi connectivity index (χ3v) is 16.0. The van der Waals surface area contributed by atoms with Crippen molar-refractivity contribution >= 4 is 0 Å². The third-order valence-electron chi connectivity index (χ3n) is 16.0. The first-order valence-electron chi connectivity index (χ1n) is 29.1. The van der Waals surface area contributed by atoms with Crippen LogP contribution in [-0.4, -0.2) is 205 Å². The van der Waals surface area contributed by atoms with Crippen molar-refractivity contribution in [1.29, 1.82) is 0 Å². The molecule has 9 aromatic rings. The molecule has 21 heteroatoms. The maximum absolute atomic E-state index is 4.53. The second-order valence-electron chi connectivity index (χ2n) is 22.1. The number of piperazine rings is 3. The van der Waals surface area contributed by atoms with Crippen molar-refractivity contribution in [2.24, 2.45) is 0 Å². The quantitative estimate of drug-likeness (QED) is 0.0986. The van der Waals surface area contributed by atoms with E-state index in [0.29, 0.717) is 6.54 Å². The first-order chi connectivity index (χ1) is 40.6. The van der Waals surface area contributed by atoms with Gasteiger partial charge in [-0.15, -0.1) is 15.3 Å². The number of rotatable bonds is 17. The molecule has 3 atom stereocenters. The Hall–Kier alpha value is -7.92. The van der Waals surface area contributed by atoms with E-state index in [1.165, 1.54) is 16.7 Å². The van der Waals surface area contributed by atoms with E-state index in [-0.39, 0.29) is 25.6 Å². The summed E-state index contributed by atoms with van der Waals surface area (Å²) in [5.41, 5.74) is 10.2. The lowest BCUT2D eigenvalue weighted by molar-refractivity contribution is 0.121. The van der Waals surface area contributed by atoms with Gasteiger partial charge in [-0.1, -0.05) is 117 Å². The van der Waals surface area contributed by atoms with Crippen LogP contribution in [0.15, 0.2) is 146 Å². The molecule has 9 heterocycles. The molecule has 3 unspecified atom stereocenters. The highest BCUT2D eigenvalue weighted by Crippen LogP contribution is 2.31. The standard InChI is InChI=1S/2C21H27N7.C20H25N7.CH4/c2*1-17-8-9-19(16-22-17)20(27-14-12-26(2)13-15-27)21-23-24-25-28(21)11-10-18-6-4-3-5-7-18;1-16-8-9-18(14-21-16)19(26-12-10-25(2)11-13-26)20-22-23-24-27(20)15-17-6-4-3-5-7-17;/h2*3-9,16,20H,10-15H2,1-2H3;3-9,14,19H,10-13,15H2,1-2H3;1H4. The van der Waals surface area contributed by atoms with E-state index >= 15 is 0 Å². The van der Waals surface area contributed by atoms with Crippen LogP contribution in [0.1, 0.15) is 93.5 Å². The van der Waals surface area contributed by atoms with Crippen molar-refractivity contribution < 1.29 is 0 Å². The number of pyridine rings is 3. The largest absolute Gasteiger partial charge is 0.304 e.